The highest BCUT2D eigenvalue weighted by Gasteiger charge is 2.08. The molecule has 3 nitrogen and oxygen atoms in total. The molecular weight excluding hydrogens is 300 g/mol. The Morgan fingerprint density at radius 1 is 1.38 bits per heavy atom. The van der Waals surface area contributed by atoms with Crippen molar-refractivity contribution in [2.45, 2.75) is 13.0 Å². The Hall–Kier alpha value is -1.43. The molecule has 2 rings (SSSR count). The molecule has 0 radical (unpaired) electrons. The average Bonchev–Trinajstić information content (AvgIpc) is 2.98. The first-order valence-electron chi connectivity index (χ1n) is 6.78. The molecule has 0 saturated heterocycles. The predicted molar refractivity (Wildman–Crippen MR) is 93.2 cm³/mol. The first kappa shape index (κ1) is 15.9. The summed E-state index contributed by atoms with van der Waals surface area (Å²) in [5, 5.41) is 2.12. The molecule has 1 heterocycles. The van der Waals surface area contributed by atoms with Crippen molar-refractivity contribution < 1.29 is 4.74 Å². The molecule has 0 aliphatic carbocycles. The van der Waals surface area contributed by atoms with Crippen LogP contribution in [-0.2, 0) is 13.0 Å². The summed E-state index contributed by atoms with van der Waals surface area (Å²) >= 11 is 6.83. The zero-order chi connectivity index (χ0) is 15.2. The minimum absolute atomic E-state index is 0.365. The smallest absolute Gasteiger partial charge is 0.129 e. The summed E-state index contributed by atoms with van der Waals surface area (Å²) in [5.41, 5.74) is 7.67. The summed E-state index contributed by atoms with van der Waals surface area (Å²) in [5.74, 6) is 0.742. The maximum atomic E-state index is 5.69. The molecule has 0 atom stereocenters. The summed E-state index contributed by atoms with van der Waals surface area (Å²) in [7, 11) is 3.77. The third-order valence-electron chi connectivity index (χ3n) is 3.30. The summed E-state index contributed by atoms with van der Waals surface area (Å²) in [6.07, 6.45) is 1.08. The minimum atomic E-state index is 0.365. The van der Waals surface area contributed by atoms with Crippen molar-refractivity contribution >= 4 is 28.5 Å². The second-order valence-electron chi connectivity index (χ2n) is 4.97. The van der Waals surface area contributed by atoms with Gasteiger partial charge in [0.1, 0.15) is 10.7 Å². The molecule has 0 saturated carbocycles. The number of ether oxygens (including phenoxy) is 1. The Kier molecular flexibility index (Phi) is 5.73. The highest BCUT2D eigenvalue weighted by atomic mass is 32.1. The fourth-order valence-electron chi connectivity index (χ4n) is 2.18. The van der Waals surface area contributed by atoms with Gasteiger partial charge in [0.2, 0.25) is 0 Å². The largest absolute Gasteiger partial charge is 0.496 e. The van der Waals surface area contributed by atoms with Crippen LogP contribution in [0.3, 0.4) is 0 Å². The molecule has 21 heavy (non-hydrogen) atoms. The van der Waals surface area contributed by atoms with Crippen LogP contribution in [-0.4, -0.2) is 30.6 Å². The molecule has 0 fully saturated rings. The Labute approximate surface area is 135 Å². The van der Waals surface area contributed by atoms with Gasteiger partial charge in [-0.2, -0.15) is 0 Å². The van der Waals surface area contributed by atoms with E-state index in [1.807, 2.05) is 23.5 Å². The lowest BCUT2D eigenvalue weighted by atomic mass is 10.1. The molecule has 0 amide bonds. The van der Waals surface area contributed by atoms with E-state index in [0.29, 0.717) is 4.99 Å². The molecule has 5 heteroatoms. The van der Waals surface area contributed by atoms with Crippen LogP contribution in [0.4, 0.5) is 0 Å². The van der Waals surface area contributed by atoms with Gasteiger partial charge < -0.3 is 15.4 Å². The Morgan fingerprint density at radius 2 is 2.19 bits per heavy atom. The van der Waals surface area contributed by atoms with E-state index in [2.05, 4.69) is 35.5 Å². The van der Waals surface area contributed by atoms with E-state index in [0.717, 1.165) is 30.8 Å². The summed E-state index contributed by atoms with van der Waals surface area (Å²) in [6, 6.07) is 10.3. The van der Waals surface area contributed by atoms with Crippen LogP contribution in [0.1, 0.15) is 16.0 Å². The van der Waals surface area contributed by atoms with E-state index in [9.17, 15) is 0 Å². The van der Waals surface area contributed by atoms with E-state index in [1.165, 1.54) is 10.4 Å². The quantitative estimate of drug-likeness (QED) is 0.796. The number of methoxy groups -OCH3 is 1. The minimum Gasteiger partial charge on any atom is -0.496 e. The van der Waals surface area contributed by atoms with Gasteiger partial charge in [-0.25, -0.2) is 0 Å². The van der Waals surface area contributed by atoms with Gasteiger partial charge in [-0.3, -0.25) is 0 Å². The fraction of sp³-hybridized carbons (Fsp3) is 0.312. The van der Waals surface area contributed by atoms with Crippen LogP contribution in [0, 0.1) is 0 Å². The number of nitrogens with two attached hydrogens (primary N) is 1. The molecule has 2 N–H and O–H groups in total. The van der Waals surface area contributed by atoms with E-state index < -0.39 is 0 Å². The molecule has 2 aromatic rings. The number of rotatable bonds is 7. The Balaban J connectivity index is 1.97. The second kappa shape index (κ2) is 7.54. The average molecular weight is 320 g/mol. The SMILES string of the molecule is COc1cc(CN(C)CCc2cccs2)ccc1C(N)=S. The maximum absolute atomic E-state index is 5.69. The van der Waals surface area contributed by atoms with Gasteiger partial charge in [0.15, 0.2) is 0 Å². The van der Waals surface area contributed by atoms with Gasteiger partial charge in [-0.15, -0.1) is 11.3 Å². The topological polar surface area (TPSA) is 38.5 Å². The third kappa shape index (κ3) is 4.52. The van der Waals surface area contributed by atoms with Crippen LogP contribution in [0.2, 0.25) is 0 Å². The first-order valence-corrected chi connectivity index (χ1v) is 8.06. The van der Waals surface area contributed by atoms with Crippen molar-refractivity contribution in [3.63, 3.8) is 0 Å². The van der Waals surface area contributed by atoms with Gasteiger partial charge in [0.05, 0.1) is 12.7 Å². The normalized spacial score (nSPS) is 10.8. The monoisotopic (exact) mass is 320 g/mol. The van der Waals surface area contributed by atoms with Gasteiger partial charge in [0, 0.05) is 18.0 Å². The molecule has 1 aromatic carbocycles. The van der Waals surface area contributed by atoms with E-state index in [-0.39, 0.29) is 0 Å². The first-order chi connectivity index (χ1) is 10.1. The van der Waals surface area contributed by atoms with E-state index >= 15 is 0 Å². The highest BCUT2D eigenvalue weighted by molar-refractivity contribution is 7.80. The number of hydrogen-bond donors (Lipinski definition) is 1. The highest BCUT2D eigenvalue weighted by Crippen LogP contribution is 2.21. The molecule has 0 aliphatic rings. The number of benzene rings is 1. The van der Waals surface area contributed by atoms with Crippen molar-refractivity contribution in [1.29, 1.82) is 0 Å². The molecule has 0 bridgehead atoms. The number of thiophene rings is 1. The number of likely N-dealkylation sites (N-methyl/N-ethyl adjacent to an activating group) is 1. The lowest BCUT2D eigenvalue weighted by molar-refractivity contribution is 0.331. The molecule has 0 spiro atoms. The van der Waals surface area contributed by atoms with E-state index in [4.69, 9.17) is 22.7 Å². The van der Waals surface area contributed by atoms with Crippen LogP contribution >= 0.6 is 23.6 Å². The van der Waals surface area contributed by atoms with Crippen LogP contribution in [0.25, 0.3) is 0 Å². The molecule has 1 aromatic heterocycles. The zero-order valence-corrected chi connectivity index (χ0v) is 14.0. The van der Waals surface area contributed by atoms with Crippen molar-refractivity contribution in [2.24, 2.45) is 5.73 Å². The maximum Gasteiger partial charge on any atom is 0.129 e. The van der Waals surface area contributed by atoms with E-state index in [1.54, 1.807) is 7.11 Å². The summed E-state index contributed by atoms with van der Waals surface area (Å²) in [6.45, 7) is 1.90. The van der Waals surface area contributed by atoms with Crippen molar-refractivity contribution in [1.82, 2.24) is 4.90 Å². The number of nitrogens with zero attached hydrogens (tertiary/aromatic N) is 1. The van der Waals surface area contributed by atoms with Crippen molar-refractivity contribution in [3.8, 4) is 5.75 Å². The molecule has 112 valence electrons. The van der Waals surface area contributed by atoms with Crippen molar-refractivity contribution in [2.75, 3.05) is 20.7 Å². The predicted octanol–water partition coefficient (Wildman–Crippen LogP) is 3.07. The summed E-state index contributed by atoms with van der Waals surface area (Å²) in [4.78, 5) is 4.09. The molecule has 0 aliphatic heterocycles. The Morgan fingerprint density at radius 3 is 2.81 bits per heavy atom. The van der Waals surface area contributed by atoms with Crippen LogP contribution < -0.4 is 10.5 Å². The lowest BCUT2D eigenvalue weighted by Gasteiger charge is -2.17. The number of hydrogen-bond acceptors (Lipinski definition) is 4. The Bertz CT molecular complexity index is 596. The van der Waals surface area contributed by atoms with Gasteiger partial charge in [-0.1, -0.05) is 24.4 Å². The summed E-state index contributed by atoms with van der Waals surface area (Å²) < 4.78 is 5.36. The van der Waals surface area contributed by atoms with Gasteiger partial charge in [-0.05, 0) is 42.6 Å². The fourth-order valence-corrected chi connectivity index (χ4v) is 3.05. The van der Waals surface area contributed by atoms with Crippen molar-refractivity contribution in [3.05, 3.63) is 51.7 Å². The zero-order valence-electron chi connectivity index (χ0n) is 12.3. The third-order valence-corrected chi connectivity index (χ3v) is 4.46. The number of thiocarbonyl (C=S) groups is 1. The standard InChI is InChI=1S/C16H20N2OS2/c1-18(8-7-13-4-3-9-21-13)11-12-5-6-14(16(17)20)15(10-12)19-2/h3-6,9-10H,7-8,11H2,1-2H3,(H2,17,20). The lowest BCUT2D eigenvalue weighted by Crippen LogP contribution is -2.20. The molecule has 0 unspecified atom stereocenters. The van der Waals surface area contributed by atoms with Gasteiger partial charge >= 0.3 is 0 Å². The van der Waals surface area contributed by atoms with Crippen LogP contribution in [0.15, 0.2) is 35.7 Å². The van der Waals surface area contributed by atoms with Gasteiger partial charge in [0.25, 0.3) is 0 Å². The van der Waals surface area contributed by atoms with Crippen LogP contribution in [0.5, 0.6) is 5.75 Å². The molecular formula is C16H20N2OS2. The second-order valence-corrected chi connectivity index (χ2v) is 6.44.